The van der Waals surface area contributed by atoms with Crippen molar-refractivity contribution in [2.75, 3.05) is 20.3 Å². The summed E-state index contributed by atoms with van der Waals surface area (Å²) >= 11 is 0. The highest BCUT2D eigenvalue weighted by Gasteiger charge is 2.38. The number of benzene rings is 1. The first-order chi connectivity index (χ1) is 9.00. The maximum absolute atomic E-state index is 12.3. The third kappa shape index (κ3) is 2.76. The van der Waals surface area contributed by atoms with Gasteiger partial charge in [0, 0.05) is 12.6 Å². The largest absolute Gasteiger partial charge is 0.481 e. The van der Waals surface area contributed by atoms with E-state index < -0.39 is 17.9 Å². The number of aliphatic carboxylic acids is 1. The monoisotopic (exact) mass is 263 g/mol. The molecule has 1 amide bonds. The van der Waals surface area contributed by atoms with E-state index in [2.05, 4.69) is 0 Å². The molecule has 2 unspecified atom stereocenters. The van der Waals surface area contributed by atoms with Crippen LogP contribution in [0.4, 0.5) is 0 Å². The zero-order valence-corrected chi connectivity index (χ0v) is 11.0. The molecule has 2 atom stereocenters. The molecule has 1 aromatic carbocycles. The number of rotatable bonds is 3. The van der Waals surface area contributed by atoms with Crippen molar-refractivity contribution in [2.45, 2.75) is 13.0 Å². The van der Waals surface area contributed by atoms with E-state index in [4.69, 9.17) is 9.84 Å². The summed E-state index contributed by atoms with van der Waals surface area (Å²) in [5.74, 6) is -1.76. The molecule has 0 spiro atoms. The number of carbonyl (C=O) groups excluding carboxylic acids is 1. The molecule has 5 heteroatoms. The molecule has 0 radical (unpaired) electrons. The lowest BCUT2D eigenvalue weighted by Gasteiger charge is -2.26. The minimum absolute atomic E-state index is 0.158. The van der Waals surface area contributed by atoms with Crippen molar-refractivity contribution in [3.63, 3.8) is 0 Å². The van der Waals surface area contributed by atoms with Crippen molar-refractivity contribution in [1.29, 1.82) is 0 Å². The van der Waals surface area contributed by atoms with Crippen LogP contribution in [0.2, 0.25) is 0 Å². The number of amides is 1. The first-order valence-electron chi connectivity index (χ1n) is 6.15. The second-order valence-corrected chi connectivity index (χ2v) is 4.83. The van der Waals surface area contributed by atoms with Crippen LogP contribution in [0.1, 0.15) is 15.9 Å². The van der Waals surface area contributed by atoms with E-state index >= 15 is 0 Å². The fourth-order valence-electron chi connectivity index (χ4n) is 2.21. The molecule has 0 aliphatic carbocycles. The van der Waals surface area contributed by atoms with Crippen LogP contribution in [-0.2, 0) is 9.53 Å². The summed E-state index contributed by atoms with van der Waals surface area (Å²) < 4.78 is 5.18. The van der Waals surface area contributed by atoms with Gasteiger partial charge in [-0.2, -0.15) is 0 Å². The van der Waals surface area contributed by atoms with E-state index in [1.165, 1.54) is 4.90 Å². The van der Waals surface area contributed by atoms with E-state index in [0.717, 1.165) is 5.56 Å². The van der Waals surface area contributed by atoms with Crippen LogP contribution in [0.5, 0.6) is 0 Å². The van der Waals surface area contributed by atoms with Crippen molar-refractivity contribution in [3.8, 4) is 0 Å². The number of carboxylic acid groups (broad SMARTS) is 1. The third-order valence-corrected chi connectivity index (χ3v) is 3.48. The van der Waals surface area contributed by atoms with E-state index in [9.17, 15) is 9.59 Å². The van der Waals surface area contributed by atoms with Crippen molar-refractivity contribution in [3.05, 3.63) is 35.4 Å². The summed E-state index contributed by atoms with van der Waals surface area (Å²) in [6.07, 6.45) is 0. The van der Waals surface area contributed by atoms with Gasteiger partial charge in [0.25, 0.3) is 5.91 Å². The fourth-order valence-corrected chi connectivity index (χ4v) is 2.21. The van der Waals surface area contributed by atoms with Crippen LogP contribution < -0.4 is 0 Å². The van der Waals surface area contributed by atoms with E-state index in [1.54, 1.807) is 19.2 Å². The SMILES string of the molecule is Cc1ccc(C(=O)N(C)C2COCC2C(=O)O)cc1. The summed E-state index contributed by atoms with van der Waals surface area (Å²) in [5, 5.41) is 9.10. The van der Waals surface area contributed by atoms with E-state index in [-0.39, 0.29) is 19.1 Å². The number of ether oxygens (including phenoxy) is 1. The van der Waals surface area contributed by atoms with E-state index in [1.807, 2.05) is 19.1 Å². The zero-order chi connectivity index (χ0) is 14.0. The minimum atomic E-state index is -0.925. The third-order valence-electron chi connectivity index (χ3n) is 3.48. The van der Waals surface area contributed by atoms with Gasteiger partial charge in [0.15, 0.2) is 0 Å². The number of likely N-dealkylation sites (N-methyl/N-ethyl adjacent to an activating group) is 1. The highest BCUT2D eigenvalue weighted by Crippen LogP contribution is 2.20. The number of carbonyl (C=O) groups is 2. The molecule has 5 nitrogen and oxygen atoms in total. The Kier molecular flexibility index (Phi) is 3.85. The zero-order valence-electron chi connectivity index (χ0n) is 11.0. The molecule has 102 valence electrons. The molecule has 1 N–H and O–H groups in total. The van der Waals surface area contributed by atoms with Gasteiger partial charge in [-0.15, -0.1) is 0 Å². The maximum Gasteiger partial charge on any atom is 0.311 e. The Bertz CT molecular complexity index is 483. The first kappa shape index (κ1) is 13.5. The molecular formula is C14H17NO4. The van der Waals surface area contributed by atoms with Gasteiger partial charge in [0.1, 0.15) is 5.92 Å². The lowest BCUT2D eigenvalue weighted by Crippen LogP contribution is -2.44. The smallest absolute Gasteiger partial charge is 0.311 e. The van der Waals surface area contributed by atoms with Crippen LogP contribution in [-0.4, -0.2) is 48.2 Å². The molecule has 0 bridgehead atoms. The molecule has 0 aromatic heterocycles. The Labute approximate surface area is 111 Å². The van der Waals surface area contributed by atoms with Crippen LogP contribution >= 0.6 is 0 Å². The van der Waals surface area contributed by atoms with Crippen molar-refractivity contribution < 1.29 is 19.4 Å². The number of carboxylic acids is 1. The summed E-state index contributed by atoms with van der Waals surface area (Å²) in [7, 11) is 1.62. The van der Waals surface area contributed by atoms with Crippen LogP contribution in [0.3, 0.4) is 0 Å². The van der Waals surface area contributed by atoms with Crippen molar-refractivity contribution in [1.82, 2.24) is 4.90 Å². The highest BCUT2D eigenvalue weighted by atomic mass is 16.5. The summed E-state index contributed by atoms with van der Waals surface area (Å²) in [4.78, 5) is 24.9. The van der Waals surface area contributed by atoms with Gasteiger partial charge in [-0.25, -0.2) is 0 Å². The van der Waals surface area contributed by atoms with E-state index in [0.29, 0.717) is 5.56 Å². The molecule has 1 saturated heterocycles. The van der Waals surface area contributed by atoms with Crippen LogP contribution in [0, 0.1) is 12.8 Å². The summed E-state index contributed by atoms with van der Waals surface area (Å²) in [6, 6.07) is 6.81. The number of nitrogens with zero attached hydrogens (tertiary/aromatic N) is 1. The molecule has 2 rings (SSSR count). The number of hydrogen-bond donors (Lipinski definition) is 1. The molecule has 1 heterocycles. The lowest BCUT2D eigenvalue weighted by atomic mass is 10.0. The molecule has 1 aliphatic rings. The van der Waals surface area contributed by atoms with Gasteiger partial charge in [0.2, 0.25) is 0 Å². The molecule has 1 aromatic rings. The molecular weight excluding hydrogens is 246 g/mol. The lowest BCUT2D eigenvalue weighted by molar-refractivity contribution is -0.142. The second kappa shape index (κ2) is 5.40. The molecule has 0 saturated carbocycles. The Morgan fingerprint density at radius 2 is 1.89 bits per heavy atom. The van der Waals surface area contributed by atoms with Crippen molar-refractivity contribution >= 4 is 11.9 Å². The van der Waals surface area contributed by atoms with Gasteiger partial charge in [-0.1, -0.05) is 17.7 Å². The molecule has 1 fully saturated rings. The average Bonchev–Trinajstić information content (AvgIpc) is 2.87. The second-order valence-electron chi connectivity index (χ2n) is 4.83. The Morgan fingerprint density at radius 1 is 1.26 bits per heavy atom. The normalized spacial score (nSPS) is 22.2. The van der Waals surface area contributed by atoms with Gasteiger partial charge >= 0.3 is 5.97 Å². The van der Waals surface area contributed by atoms with Gasteiger partial charge < -0.3 is 14.7 Å². The van der Waals surface area contributed by atoms with Gasteiger partial charge in [-0.05, 0) is 19.1 Å². The Balaban J connectivity index is 2.14. The standard InChI is InChI=1S/C14H17NO4/c1-9-3-5-10(6-4-9)13(16)15(2)12-8-19-7-11(12)14(17)18/h3-6,11-12H,7-8H2,1-2H3,(H,17,18). The molecule has 19 heavy (non-hydrogen) atoms. The number of aryl methyl sites for hydroxylation is 1. The predicted octanol–water partition coefficient (Wildman–Crippen LogP) is 1.17. The summed E-state index contributed by atoms with van der Waals surface area (Å²) in [5.41, 5.74) is 1.64. The van der Waals surface area contributed by atoms with Gasteiger partial charge in [0.05, 0.1) is 19.3 Å². The molecule has 1 aliphatic heterocycles. The topological polar surface area (TPSA) is 66.8 Å². The average molecular weight is 263 g/mol. The quantitative estimate of drug-likeness (QED) is 0.888. The fraction of sp³-hybridized carbons (Fsp3) is 0.429. The number of hydrogen-bond acceptors (Lipinski definition) is 3. The van der Waals surface area contributed by atoms with Gasteiger partial charge in [-0.3, -0.25) is 9.59 Å². The highest BCUT2D eigenvalue weighted by molar-refractivity contribution is 5.94. The predicted molar refractivity (Wildman–Crippen MR) is 69.0 cm³/mol. The van der Waals surface area contributed by atoms with Crippen LogP contribution in [0.25, 0.3) is 0 Å². The maximum atomic E-state index is 12.3. The minimum Gasteiger partial charge on any atom is -0.481 e. The first-order valence-corrected chi connectivity index (χ1v) is 6.15. The summed E-state index contributed by atoms with van der Waals surface area (Å²) in [6.45, 7) is 2.37. The Hall–Kier alpha value is -1.88. The van der Waals surface area contributed by atoms with Crippen LogP contribution in [0.15, 0.2) is 24.3 Å². The van der Waals surface area contributed by atoms with Crippen molar-refractivity contribution in [2.24, 2.45) is 5.92 Å². The Morgan fingerprint density at radius 3 is 2.47 bits per heavy atom.